The van der Waals surface area contributed by atoms with E-state index in [1.54, 1.807) is 19.1 Å². The van der Waals surface area contributed by atoms with Gasteiger partial charge in [-0.2, -0.15) is 18.2 Å². The average Bonchev–Trinajstić information content (AvgIpc) is 3.55. The fourth-order valence-electron chi connectivity index (χ4n) is 4.74. The van der Waals surface area contributed by atoms with Crippen LogP contribution in [0.5, 0.6) is 0 Å². The van der Waals surface area contributed by atoms with Gasteiger partial charge in [0.1, 0.15) is 11.2 Å². The number of nitrogens with one attached hydrogen (secondary N) is 2. The van der Waals surface area contributed by atoms with Gasteiger partial charge in [0.25, 0.3) is 5.91 Å². The van der Waals surface area contributed by atoms with Crippen LogP contribution in [0.4, 0.5) is 13.2 Å². The van der Waals surface area contributed by atoms with Crippen LogP contribution in [0.25, 0.3) is 28.1 Å². The molecule has 2 amide bonds. The van der Waals surface area contributed by atoms with Gasteiger partial charge in [0.05, 0.1) is 21.7 Å². The highest BCUT2D eigenvalue weighted by atomic mass is 35.5. The molecule has 220 valence electrons. The lowest BCUT2D eigenvalue weighted by Gasteiger charge is -2.18. The second-order valence-corrected chi connectivity index (χ2v) is 11.0. The first-order valence-corrected chi connectivity index (χ1v) is 13.7. The summed E-state index contributed by atoms with van der Waals surface area (Å²) in [6.07, 6.45) is -2.26. The molecule has 9 nitrogen and oxygen atoms in total. The monoisotopic (exact) mass is 628 g/mol. The Balaban J connectivity index is 1.18. The predicted molar refractivity (Wildman–Crippen MR) is 152 cm³/mol. The van der Waals surface area contributed by atoms with Gasteiger partial charge >= 0.3 is 6.18 Å². The Morgan fingerprint density at radius 3 is 2.47 bits per heavy atom. The van der Waals surface area contributed by atoms with E-state index in [1.165, 1.54) is 0 Å². The summed E-state index contributed by atoms with van der Waals surface area (Å²) in [5.74, 6) is -0.547. The smallest absolute Gasteiger partial charge is 0.350 e. The molecule has 0 bridgehead atoms. The molecule has 0 saturated heterocycles. The van der Waals surface area contributed by atoms with E-state index in [0.717, 1.165) is 23.0 Å². The molecule has 43 heavy (non-hydrogen) atoms. The van der Waals surface area contributed by atoms with E-state index in [9.17, 15) is 22.8 Å². The van der Waals surface area contributed by atoms with Crippen LogP contribution in [0, 0.1) is 6.92 Å². The SMILES string of the molecule is Cc1nc(-c2c(Cl)c3cc(Cl)ccc3n2-c2ccc(CNC(=O)C3(NC(=O)c4cncc(C(F)(F)F)c4)CC3)cc2)no1. The van der Waals surface area contributed by atoms with E-state index >= 15 is 0 Å². The normalized spacial score (nSPS) is 14.1. The molecular formula is C29H21Cl2F3N6O3. The molecule has 0 spiro atoms. The van der Waals surface area contributed by atoms with Crippen molar-refractivity contribution in [3.05, 3.63) is 93.6 Å². The van der Waals surface area contributed by atoms with Crippen molar-refractivity contribution in [2.45, 2.75) is 38.0 Å². The molecule has 0 aliphatic heterocycles. The van der Waals surface area contributed by atoms with Crippen LogP contribution in [0.15, 0.2) is 65.4 Å². The third-order valence-corrected chi connectivity index (χ3v) is 7.74. The number of alkyl halides is 3. The molecule has 14 heteroatoms. The highest BCUT2D eigenvalue weighted by Gasteiger charge is 2.51. The third-order valence-electron chi connectivity index (χ3n) is 7.12. The molecule has 1 fully saturated rings. The second-order valence-electron chi connectivity index (χ2n) is 10.1. The van der Waals surface area contributed by atoms with Crippen molar-refractivity contribution < 1.29 is 27.3 Å². The minimum absolute atomic E-state index is 0.154. The maximum absolute atomic E-state index is 13.0. The van der Waals surface area contributed by atoms with Crippen molar-refractivity contribution in [3.8, 4) is 17.2 Å². The first-order valence-electron chi connectivity index (χ1n) is 13.0. The largest absolute Gasteiger partial charge is 0.417 e. The summed E-state index contributed by atoms with van der Waals surface area (Å²) >= 11 is 13.0. The highest BCUT2D eigenvalue weighted by Crippen LogP contribution is 2.40. The number of hydrogen-bond acceptors (Lipinski definition) is 6. The van der Waals surface area contributed by atoms with Crippen LogP contribution in [-0.4, -0.2) is 37.0 Å². The molecule has 3 heterocycles. The molecule has 6 rings (SSSR count). The quantitative estimate of drug-likeness (QED) is 0.219. The Bertz CT molecular complexity index is 1880. The zero-order valence-corrected chi connectivity index (χ0v) is 23.8. The molecule has 1 aliphatic rings. The molecule has 1 saturated carbocycles. The van der Waals surface area contributed by atoms with Crippen molar-refractivity contribution in [2.75, 3.05) is 0 Å². The summed E-state index contributed by atoms with van der Waals surface area (Å²) in [5.41, 5.74) is 0.298. The fraction of sp³-hybridized carbons (Fsp3) is 0.207. The molecule has 3 aromatic heterocycles. The van der Waals surface area contributed by atoms with Gasteiger partial charge in [-0.1, -0.05) is 40.5 Å². The molecule has 0 radical (unpaired) electrons. The summed E-state index contributed by atoms with van der Waals surface area (Å²) in [7, 11) is 0. The highest BCUT2D eigenvalue weighted by molar-refractivity contribution is 6.39. The van der Waals surface area contributed by atoms with E-state index in [-0.39, 0.29) is 12.1 Å². The third kappa shape index (κ3) is 5.55. The summed E-state index contributed by atoms with van der Waals surface area (Å²) in [6, 6.07) is 13.4. The van der Waals surface area contributed by atoms with E-state index in [2.05, 4.69) is 25.8 Å². The number of aromatic nitrogens is 4. The Hall–Kier alpha value is -4.42. The molecular weight excluding hydrogens is 608 g/mol. The van der Waals surface area contributed by atoms with Crippen LogP contribution >= 0.6 is 23.2 Å². The van der Waals surface area contributed by atoms with E-state index in [0.29, 0.717) is 57.9 Å². The number of aryl methyl sites for hydroxylation is 1. The molecule has 2 aromatic carbocycles. The molecule has 1 aliphatic carbocycles. The number of amides is 2. The molecule has 2 N–H and O–H groups in total. The molecule has 5 aromatic rings. The number of nitrogens with zero attached hydrogens (tertiary/aromatic N) is 4. The van der Waals surface area contributed by atoms with Crippen LogP contribution < -0.4 is 10.6 Å². The lowest BCUT2D eigenvalue weighted by molar-refractivity contribution is -0.137. The summed E-state index contributed by atoms with van der Waals surface area (Å²) in [6.45, 7) is 1.83. The van der Waals surface area contributed by atoms with Crippen molar-refractivity contribution >= 4 is 45.9 Å². The predicted octanol–water partition coefficient (Wildman–Crippen LogP) is 6.29. The van der Waals surface area contributed by atoms with Gasteiger partial charge in [0, 0.05) is 42.0 Å². The van der Waals surface area contributed by atoms with Gasteiger partial charge in [-0.3, -0.25) is 14.6 Å². The van der Waals surface area contributed by atoms with Gasteiger partial charge in [0.2, 0.25) is 17.6 Å². The maximum atomic E-state index is 13.0. The maximum Gasteiger partial charge on any atom is 0.417 e. The van der Waals surface area contributed by atoms with Crippen LogP contribution in [0.2, 0.25) is 10.0 Å². The van der Waals surface area contributed by atoms with Crippen molar-refractivity contribution in [2.24, 2.45) is 0 Å². The number of benzene rings is 2. The lowest BCUT2D eigenvalue weighted by Crippen LogP contribution is -2.48. The zero-order chi connectivity index (χ0) is 30.5. The van der Waals surface area contributed by atoms with Gasteiger partial charge in [-0.15, -0.1) is 0 Å². The minimum atomic E-state index is -4.64. The summed E-state index contributed by atoms with van der Waals surface area (Å²) in [5, 5.41) is 11.1. The number of carbonyl (C=O) groups is 2. The topological polar surface area (TPSA) is 115 Å². The van der Waals surface area contributed by atoms with Crippen molar-refractivity contribution in [3.63, 3.8) is 0 Å². The van der Waals surface area contributed by atoms with E-state index < -0.39 is 29.1 Å². The van der Waals surface area contributed by atoms with Crippen LogP contribution in [-0.2, 0) is 17.5 Å². The number of hydrogen-bond donors (Lipinski definition) is 2. The Labute approximate surface area is 252 Å². The van der Waals surface area contributed by atoms with Gasteiger partial charge in [-0.25, -0.2) is 0 Å². The van der Waals surface area contributed by atoms with Crippen molar-refractivity contribution in [1.82, 2.24) is 30.3 Å². The fourth-order valence-corrected chi connectivity index (χ4v) is 5.24. The van der Waals surface area contributed by atoms with Crippen LogP contribution in [0.1, 0.15) is 40.2 Å². The summed E-state index contributed by atoms with van der Waals surface area (Å²) in [4.78, 5) is 33.5. The van der Waals surface area contributed by atoms with Crippen LogP contribution in [0.3, 0.4) is 0 Å². The van der Waals surface area contributed by atoms with Gasteiger partial charge in [-0.05, 0) is 54.8 Å². The first-order chi connectivity index (χ1) is 20.4. The van der Waals surface area contributed by atoms with E-state index in [4.69, 9.17) is 27.7 Å². The van der Waals surface area contributed by atoms with Gasteiger partial charge in [0.15, 0.2) is 0 Å². The molecule has 0 unspecified atom stereocenters. The van der Waals surface area contributed by atoms with Gasteiger partial charge < -0.3 is 19.7 Å². The number of carbonyl (C=O) groups excluding carboxylic acids is 2. The Kier molecular flexibility index (Phi) is 7.13. The zero-order valence-electron chi connectivity index (χ0n) is 22.3. The van der Waals surface area contributed by atoms with E-state index in [1.807, 2.05) is 34.9 Å². The Morgan fingerprint density at radius 2 is 1.81 bits per heavy atom. The number of halogens is 5. The average molecular weight is 629 g/mol. The first kappa shape index (κ1) is 28.7. The summed E-state index contributed by atoms with van der Waals surface area (Å²) < 4.78 is 46.1. The second kappa shape index (κ2) is 10.7. The standard InChI is InChI=1S/C29H21Cl2F3N6O3/c1-15-37-25(39-43-15)24-23(31)21-11-19(30)4-7-22(21)40(24)20-5-2-16(3-6-20)12-36-27(42)28(8-9-28)38-26(41)17-10-18(14-35-13-17)29(32,33)34/h2-7,10-11,13-14H,8-9,12H2,1H3,(H,36,42)(H,38,41). The molecule has 0 atom stereocenters. The Morgan fingerprint density at radius 1 is 1.07 bits per heavy atom. The van der Waals surface area contributed by atoms with Crippen molar-refractivity contribution in [1.29, 1.82) is 0 Å². The number of fused-ring (bicyclic) bond motifs is 1. The minimum Gasteiger partial charge on any atom is -0.350 e. The number of pyridine rings is 1. The number of rotatable bonds is 7. The lowest BCUT2D eigenvalue weighted by atomic mass is 10.1.